The number of carbonyl (C=O) groups excluding carboxylic acids is 3. The number of nitro benzene ring substituents is 1. The maximum absolute atomic E-state index is 13.8. The van der Waals surface area contributed by atoms with Gasteiger partial charge >= 0.3 is 248 Å². The molecule has 282 valence electrons. The Bertz CT molecular complexity index is 2850. The topological polar surface area (TPSA) is 115 Å². The number of halogens is 2. The van der Waals surface area contributed by atoms with E-state index in [-0.39, 0.29) is 44.9 Å². The summed E-state index contributed by atoms with van der Waals surface area (Å²) in [6.07, 6.45) is 4.18. The molecule has 0 radical (unpaired) electrons. The first-order chi connectivity index (χ1) is 27.5. The summed E-state index contributed by atoms with van der Waals surface area (Å²) in [5.41, 5.74) is 5.44. The Morgan fingerprint density at radius 1 is 0.667 bits per heavy atom. The fourth-order valence-corrected chi connectivity index (χ4v) is 16.6. The van der Waals surface area contributed by atoms with Gasteiger partial charge in [0.15, 0.2) is 11.6 Å². The summed E-state index contributed by atoms with van der Waals surface area (Å²) in [5, 5.41) is 26.7. The van der Waals surface area contributed by atoms with Gasteiger partial charge in [-0.15, -0.1) is 0 Å². The Hall–Kier alpha value is -5.97. The molecule has 0 saturated heterocycles. The van der Waals surface area contributed by atoms with Gasteiger partial charge in [-0.25, -0.2) is 0 Å². The van der Waals surface area contributed by atoms with Gasteiger partial charge in [0.2, 0.25) is 0 Å². The molecule has 6 aromatic rings. The molecule has 0 amide bonds. The standard InChI is InChI=1S/C48H34ClINO6/c1-50(36-9-3-2-4-10-36,26-28-12-17-37(18-13-28)51(56)57)27-29-11-14-32-22-40-41(25-35(32)19-29)48(55)43(47(40)54)24-34-16-15-33(44(34)49)23-42-45(52)38-20-30-7-5-6-8-31(30)21-39(38)46(42)53/h2-14,17-25,55H,15-16,26-27H2,1H3/q-1. The van der Waals surface area contributed by atoms with Crippen molar-refractivity contribution >= 4 is 61.9 Å². The second-order valence-electron chi connectivity index (χ2n) is 14.8. The number of rotatable bonds is 8. The molecular formula is C48H34ClINO6-. The summed E-state index contributed by atoms with van der Waals surface area (Å²) in [6.45, 7) is 0. The minimum atomic E-state index is -2.78. The molecule has 3 aliphatic carbocycles. The van der Waals surface area contributed by atoms with E-state index in [1.807, 2.05) is 60.7 Å². The van der Waals surface area contributed by atoms with Gasteiger partial charge in [-0.1, -0.05) is 24.3 Å². The second-order valence-corrected chi connectivity index (χ2v) is 24.7. The van der Waals surface area contributed by atoms with Crippen LogP contribution in [0.2, 0.25) is 0 Å². The van der Waals surface area contributed by atoms with Gasteiger partial charge in [-0.3, -0.25) is 9.59 Å². The van der Waals surface area contributed by atoms with Crippen LogP contribution in [0, 0.1) is 13.7 Å². The molecule has 0 heterocycles. The number of ketones is 3. The summed E-state index contributed by atoms with van der Waals surface area (Å²) in [5.74, 6) is -1.07. The van der Waals surface area contributed by atoms with Crippen molar-refractivity contribution in [1.29, 1.82) is 0 Å². The van der Waals surface area contributed by atoms with Gasteiger partial charge in [0, 0.05) is 11.1 Å². The average Bonchev–Trinajstić information content (AvgIpc) is 3.76. The van der Waals surface area contributed by atoms with E-state index in [0.29, 0.717) is 51.3 Å². The van der Waals surface area contributed by atoms with E-state index < -0.39 is 18.4 Å². The van der Waals surface area contributed by atoms with Gasteiger partial charge in [-0.05, 0) is 29.0 Å². The molecule has 1 N–H and O–H groups in total. The molecule has 7 nitrogen and oxygen atoms in total. The van der Waals surface area contributed by atoms with Gasteiger partial charge in [0.05, 0.1) is 5.57 Å². The van der Waals surface area contributed by atoms with E-state index in [1.165, 1.54) is 3.57 Å². The number of carbonyl (C=O) groups is 3. The van der Waals surface area contributed by atoms with Crippen molar-refractivity contribution < 1.29 is 42.8 Å². The van der Waals surface area contributed by atoms with Crippen LogP contribution in [0.4, 0.5) is 5.69 Å². The molecular weight excluding hydrogens is 849 g/mol. The van der Waals surface area contributed by atoms with Crippen LogP contribution in [0.15, 0.2) is 161 Å². The third kappa shape index (κ3) is 6.52. The number of aliphatic hydroxyl groups is 1. The average molecular weight is 883 g/mol. The number of non-ortho nitro benzene ring substituents is 1. The second kappa shape index (κ2) is 14.2. The first-order valence-corrected chi connectivity index (χ1v) is 25.1. The third-order valence-corrected chi connectivity index (χ3v) is 20.4. The number of hydrogen-bond donors (Lipinski definition) is 1. The SMILES string of the molecule is C[I-](Cc1ccc([N+](=O)[O-])cc1)(Cc1ccc2cc3c(cc2c1)C(O)=C(C=C1CCC(C=C2C(=O)c4cc5ccccc5cc4C2=O)=C1Cl)C3=O)c1ccccc1. The molecule has 9 rings (SSSR count). The Kier molecular flexibility index (Phi) is 9.13. The fourth-order valence-electron chi connectivity index (χ4n) is 8.11. The molecule has 0 bridgehead atoms. The van der Waals surface area contributed by atoms with E-state index in [9.17, 15) is 29.6 Å². The van der Waals surface area contributed by atoms with Crippen LogP contribution in [-0.4, -0.2) is 32.3 Å². The van der Waals surface area contributed by atoms with Crippen LogP contribution in [0.1, 0.15) is 60.6 Å². The minimum absolute atomic E-state index is 0.0736. The molecule has 0 aromatic heterocycles. The molecule has 0 aliphatic heterocycles. The molecule has 9 heteroatoms. The number of nitro groups is 1. The predicted molar refractivity (Wildman–Crippen MR) is 220 cm³/mol. The number of nitrogens with zero attached hydrogens (tertiary/aromatic N) is 1. The molecule has 6 aromatic carbocycles. The number of hydrogen-bond acceptors (Lipinski definition) is 6. The fraction of sp³-hybridized carbons (Fsp3) is 0.104. The van der Waals surface area contributed by atoms with Crippen LogP contribution >= 0.6 is 11.6 Å². The van der Waals surface area contributed by atoms with Gasteiger partial charge in [0.25, 0.3) is 0 Å². The summed E-state index contributed by atoms with van der Waals surface area (Å²) >= 11 is 4.10. The number of aliphatic hydroxyl groups excluding tert-OH is 1. The van der Waals surface area contributed by atoms with Crippen molar-refractivity contribution in [2.75, 3.05) is 4.93 Å². The normalized spacial score (nSPS) is 17.5. The van der Waals surface area contributed by atoms with Crippen LogP contribution in [0.5, 0.6) is 0 Å². The molecule has 0 saturated carbocycles. The summed E-state index contributed by atoms with van der Waals surface area (Å²) < 4.78 is 3.00. The predicted octanol–water partition coefficient (Wildman–Crippen LogP) is 7.95. The van der Waals surface area contributed by atoms with E-state index >= 15 is 0 Å². The van der Waals surface area contributed by atoms with Crippen molar-refractivity contribution in [3.63, 3.8) is 0 Å². The maximum atomic E-state index is 13.8. The number of fused-ring (bicyclic) bond motifs is 4. The van der Waals surface area contributed by atoms with E-state index in [0.717, 1.165) is 41.5 Å². The monoisotopic (exact) mass is 882 g/mol. The Morgan fingerprint density at radius 2 is 1.23 bits per heavy atom. The molecule has 57 heavy (non-hydrogen) atoms. The number of allylic oxidation sites excluding steroid dienone is 7. The number of Topliss-reactive ketones (excluding diaryl/α,β-unsaturated/α-hetero) is 3. The van der Waals surface area contributed by atoms with Crippen LogP contribution in [0.25, 0.3) is 27.3 Å². The van der Waals surface area contributed by atoms with Crippen LogP contribution in [0.3, 0.4) is 0 Å². The summed E-state index contributed by atoms with van der Waals surface area (Å²) in [7, 11) is 0. The van der Waals surface area contributed by atoms with Gasteiger partial charge in [0.1, 0.15) is 0 Å². The Balaban J connectivity index is 1.00. The quantitative estimate of drug-likeness (QED) is 0.0415. The zero-order valence-corrected chi connectivity index (χ0v) is 33.6. The molecule has 1 atom stereocenters. The van der Waals surface area contributed by atoms with Crippen molar-refractivity contribution in [2.45, 2.75) is 21.7 Å². The van der Waals surface area contributed by atoms with E-state index in [2.05, 4.69) is 41.3 Å². The van der Waals surface area contributed by atoms with Gasteiger partial charge < -0.3 is 0 Å². The van der Waals surface area contributed by atoms with Crippen LogP contribution in [-0.2, 0) is 8.86 Å². The zero-order valence-electron chi connectivity index (χ0n) is 30.7. The van der Waals surface area contributed by atoms with Crippen molar-refractivity contribution in [2.24, 2.45) is 0 Å². The number of benzene rings is 6. The molecule has 0 spiro atoms. The van der Waals surface area contributed by atoms with Crippen molar-refractivity contribution in [1.82, 2.24) is 0 Å². The van der Waals surface area contributed by atoms with E-state index in [4.69, 9.17) is 11.6 Å². The van der Waals surface area contributed by atoms with Gasteiger partial charge in [-0.2, -0.15) is 0 Å². The molecule has 3 aliphatic rings. The molecule has 0 fully saturated rings. The Labute approximate surface area is 337 Å². The van der Waals surface area contributed by atoms with Crippen molar-refractivity contribution in [3.8, 4) is 0 Å². The van der Waals surface area contributed by atoms with Crippen LogP contribution < -0.4 is 18.4 Å². The van der Waals surface area contributed by atoms with Crippen molar-refractivity contribution in [3.05, 3.63) is 208 Å². The van der Waals surface area contributed by atoms with E-state index in [1.54, 1.807) is 36.4 Å². The molecule has 1 unspecified atom stereocenters. The summed E-state index contributed by atoms with van der Waals surface area (Å²) in [6, 6.07) is 38.4. The third-order valence-electron chi connectivity index (χ3n) is 11.1. The first-order valence-electron chi connectivity index (χ1n) is 18.4. The summed E-state index contributed by atoms with van der Waals surface area (Å²) in [4.78, 5) is 53.9. The first kappa shape index (κ1) is 36.7. The number of alkyl halides is 3. The Morgan fingerprint density at radius 3 is 1.88 bits per heavy atom. The zero-order chi connectivity index (χ0) is 39.6.